The molecule has 26 heavy (non-hydrogen) atoms. The number of benzene rings is 1. The zero-order valence-electron chi connectivity index (χ0n) is 15.0. The average Bonchev–Trinajstić information content (AvgIpc) is 2.97. The molecule has 1 aliphatic rings. The molecule has 1 aromatic carbocycles. The molecule has 0 radical (unpaired) electrons. The van der Waals surface area contributed by atoms with Crippen LogP contribution in [0.5, 0.6) is 0 Å². The van der Waals surface area contributed by atoms with Crippen molar-refractivity contribution >= 4 is 34.6 Å². The zero-order valence-corrected chi connectivity index (χ0v) is 15.8. The Labute approximate surface area is 156 Å². The fourth-order valence-electron chi connectivity index (χ4n) is 2.65. The molecule has 2 heterocycles. The van der Waals surface area contributed by atoms with Gasteiger partial charge in [0.2, 0.25) is 0 Å². The zero-order chi connectivity index (χ0) is 18.9. The fraction of sp³-hybridized carbons (Fsp3) is 0.444. The highest BCUT2D eigenvalue weighted by Crippen LogP contribution is 2.23. The van der Waals surface area contributed by atoms with E-state index in [1.165, 1.54) is 0 Å². The Bertz CT molecular complexity index is 819. The van der Waals surface area contributed by atoms with Crippen LogP contribution in [0.1, 0.15) is 31.3 Å². The summed E-state index contributed by atoms with van der Waals surface area (Å²) in [6, 6.07) is 6.85. The van der Waals surface area contributed by atoms with Crippen molar-refractivity contribution in [2.75, 3.05) is 26.2 Å². The molecule has 0 spiro atoms. The van der Waals surface area contributed by atoms with Crippen molar-refractivity contribution in [1.82, 2.24) is 15.3 Å². The number of piperazine rings is 1. The van der Waals surface area contributed by atoms with E-state index in [1.807, 2.05) is 20.8 Å². The number of hydrazine groups is 1. The molecule has 2 amide bonds. The van der Waals surface area contributed by atoms with Gasteiger partial charge < -0.3 is 14.1 Å². The Kier molecular flexibility index (Phi) is 5.11. The van der Waals surface area contributed by atoms with E-state index >= 15 is 0 Å². The summed E-state index contributed by atoms with van der Waals surface area (Å²) in [4.78, 5) is 26.1. The molecule has 2 aromatic rings. The first-order valence-electron chi connectivity index (χ1n) is 8.44. The lowest BCUT2D eigenvalue weighted by Gasteiger charge is -2.35. The van der Waals surface area contributed by atoms with Gasteiger partial charge in [0.15, 0.2) is 5.76 Å². The van der Waals surface area contributed by atoms with Gasteiger partial charge in [0, 0.05) is 36.6 Å². The molecular formula is C18H22ClN3O4. The first kappa shape index (κ1) is 18.5. The van der Waals surface area contributed by atoms with Crippen molar-refractivity contribution in [2.45, 2.75) is 26.4 Å². The van der Waals surface area contributed by atoms with E-state index in [2.05, 4.69) is 5.43 Å². The van der Waals surface area contributed by atoms with Crippen molar-refractivity contribution in [3.8, 4) is 0 Å². The normalized spacial score (nSPS) is 15.9. The van der Waals surface area contributed by atoms with Crippen molar-refractivity contribution in [1.29, 1.82) is 0 Å². The third-order valence-corrected chi connectivity index (χ3v) is 4.13. The molecule has 1 saturated heterocycles. The summed E-state index contributed by atoms with van der Waals surface area (Å²) in [6.07, 6.45) is -0.336. The van der Waals surface area contributed by atoms with E-state index in [1.54, 1.807) is 34.2 Å². The summed E-state index contributed by atoms with van der Waals surface area (Å²) >= 11 is 5.95. The molecule has 0 saturated carbocycles. The predicted octanol–water partition coefficient (Wildman–Crippen LogP) is 3.28. The lowest BCUT2D eigenvalue weighted by atomic mass is 10.2. The molecule has 0 atom stereocenters. The Morgan fingerprint density at radius 3 is 2.50 bits per heavy atom. The number of fused-ring (bicyclic) bond motifs is 1. The minimum atomic E-state index is -0.521. The predicted molar refractivity (Wildman–Crippen MR) is 98.1 cm³/mol. The highest BCUT2D eigenvalue weighted by atomic mass is 35.5. The van der Waals surface area contributed by atoms with Crippen LogP contribution in [-0.4, -0.2) is 53.7 Å². The number of ether oxygens (including phenoxy) is 1. The molecular weight excluding hydrogens is 358 g/mol. The van der Waals surface area contributed by atoms with Crippen molar-refractivity contribution < 1.29 is 18.7 Å². The van der Waals surface area contributed by atoms with Gasteiger partial charge in [-0.25, -0.2) is 9.80 Å². The Balaban J connectivity index is 1.55. The molecule has 1 aromatic heterocycles. The topological polar surface area (TPSA) is 75.0 Å². The van der Waals surface area contributed by atoms with Crippen LogP contribution in [0, 0.1) is 0 Å². The van der Waals surface area contributed by atoms with Crippen LogP contribution in [0.2, 0.25) is 5.02 Å². The van der Waals surface area contributed by atoms with E-state index in [4.69, 9.17) is 20.8 Å². The SMILES string of the molecule is CC(C)(C)OC(=O)N1CCN(NC(=O)c2cc3cc(Cl)ccc3o2)CC1. The number of hydrogen-bond donors (Lipinski definition) is 1. The van der Waals surface area contributed by atoms with Gasteiger partial charge in [0.25, 0.3) is 0 Å². The van der Waals surface area contributed by atoms with Crippen LogP contribution in [0.3, 0.4) is 0 Å². The van der Waals surface area contributed by atoms with Gasteiger partial charge in [-0.2, -0.15) is 0 Å². The van der Waals surface area contributed by atoms with E-state index in [9.17, 15) is 9.59 Å². The third-order valence-electron chi connectivity index (χ3n) is 3.89. The van der Waals surface area contributed by atoms with Crippen LogP contribution in [0.4, 0.5) is 4.79 Å². The van der Waals surface area contributed by atoms with E-state index in [0.717, 1.165) is 5.39 Å². The Morgan fingerprint density at radius 1 is 1.15 bits per heavy atom. The summed E-state index contributed by atoms with van der Waals surface area (Å²) in [5.74, 6) is -0.111. The van der Waals surface area contributed by atoms with Gasteiger partial charge in [-0.3, -0.25) is 10.2 Å². The number of halogens is 1. The van der Waals surface area contributed by atoms with Gasteiger partial charge in [0.05, 0.1) is 0 Å². The molecule has 1 N–H and O–H groups in total. The number of hydrogen-bond acceptors (Lipinski definition) is 5. The minimum Gasteiger partial charge on any atom is -0.451 e. The Morgan fingerprint density at radius 2 is 1.85 bits per heavy atom. The second kappa shape index (κ2) is 7.17. The number of nitrogens with one attached hydrogen (secondary N) is 1. The first-order valence-corrected chi connectivity index (χ1v) is 8.82. The lowest BCUT2D eigenvalue weighted by Crippen LogP contribution is -2.55. The van der Waals surface area contributed by atoms with Crippen LogP contribution in [0.25, 0.3) is 11.0 Å². The maximum absolute atomic E-state index is 12.4. The summed E-state index contributed by atoms with van der Waals surface area (Å²) in [7, 11) is 0. The maximum atomic E-state index is 12.4. The molecule has 140 valence electrons. The highest BCUT2D eigenvalue weighted by Gasteiger charge is 2.27. The summed E-state index contributed by atoms with van der Waals surface area (Å²) in [5, 5.41) is 3.13. The van der Waals surface area contributed by atoms with Crippen molar-refractivity contribution in [3.63, 3.8) is 0 Å². The van der Waals surface area contributed by atoms with Gasteiger partial charge in [-0.05, 0) is 45.0 Å². The molecule has 0 unspecified atom stereocenters. The van der Waals surface area contributed by atoms with E-state index in [0.29, 0.717) is 36.8 Å². The molecule has 1 aliphatic heterocycles. The largest absolute Gasteiger partial charge is 0.451 e. The van der Waals surface area contributed by atoms with Crippen LogP contribution >= 0.6 is 11.6 Å². The molecule has 1 fully saturated rings. The molecule has 0 bridgehead atoms. The quantitative estimate of drug-likeness (QED) is 0.866. The average molecular weight is 380 g/mol. The molecule has 7 nitrogen and oxygen atoms in total. The minimum absolute atomic E-state index is 0.219. The third kappa shape index (κ3) is 4.47. The maximum Gasteiger partial charge on any atom is 0.410 e. The smallest absolute Gasteiger partial charge is 0.410 e. The summed E-state index contributed by atoms with van der Waals surface area (Å²) < 4.78 is 10.9. The second-order valence-corrected chi connectivity index (χ2v) is 7.62. The van der Waals surface area contributed by atoms with Gasteiger partial charge >= 0.3 is 12.0 Å². The second-order valence-electron chi connectivity index (χ2n) is 7.19. The number of carbonyl (C=O) groups is 2. The number of furan rings is 1. The van der Waals surface area contributed by atoms with Gasteiger partial charge in [-0.1, -0.05) is 11.6 Å². The number of rotatable bonds is 2. The van der Waals surface area contributed by atoms with Crippen LogP contribution < -0.4 is 5.43 Å². The van der Waals surface area contributed by atoms with Crippen molar-refractivity contribution in [3.05, 3.63) is 35.0 Å². The van der Waals surface area contributed by atoms with Crippen molar-refractivity contribution in [2.24, 2.45) is 0 Å². The van der Waals surface area contributed by atoms with Crippen LogP contribution in [-0.2, 0) is 4.74 Å². The number of carbonyl (C=O) groups excluding carboxylic acids is 2. The lowest BCUT2D eigenvalue weighted by molar-refractivity contribution is 0.00954. The fourth-order valence-corrected chi connectivity index (χ4v) is 2.83. The van der Waals surface area contributed by atoms with Gasteiger partial charge in [-0.15, -0.1) is 0 Å². The Hall–Kier alpha value is -2.25. The van der Waals surface area contributed by atoms with Crippen LogP contribution in [0.15, 0.2) is 28.7 Å². The molecule has 3 rings (SSSR count). The molecule has 0 aliphatic carbocycles. The monoisotopic (exact) mass is 379 g/mol. The summed E-state index contributed by atoms with van der Waals surface area (Å²) in [5.41, 5.74) is 2.89. The standard InChI is InChI=1S/C18H22ClN3O4/c1-18(2,3)26-17(24)21-6-8-22(9-7-21)20-16(23)15-11-12-10-13(19)4-5-14(12)25-15/h4-5,10-11H,6-9H2,1-3H3,(H,20,23). The number of nitrogens with zero attached hydrogens (tertiary/aromatic N) is 2. The summed E-state index contributed by atoms with van der Waals surface area (Å²) in [6.45, 7) is 7.48. The van der Waals surface area contributed by atoms with Gasteiger partial charge in [0.1, 0.15) is 11.2 Å². The highest BCUT2D eigenvalue weighted by molar-refractivity contribution is 6.31. The molecule has 8 heteroatoms. The van der Waals surface area contributed by atoms with E-state index in [-0.39, 0.29) is 17.8 Å². The number of amides is 2. The first-order chi connectivity index (χ1) is 12.2. The van der Waals surface area contributed by atoms with E-state index < -0.39 is 5.60 Å².